The lowest BCUT2D eigenvalue weighted by atomic mass is 9.90. The summed E-state index contributed by atoms with van der Waals surface area (Å²) >= 11 is 0. The number of carbonyl (C=O) groups is 1. The first kappa shape index (κ1) is 17.0. The minimum absolute atomic E-state index is 0.0266. The van der Waals surface area contributed by atoms with Gasteiger partial charge >= 0.3 is 0 Å². The molecule has 1 saturated heterocycles. The van der Waals surface area contributed by atoms with E-state index < -0.39 is 6.29 Å². The molecule has 3 rings (SSSR count). The fourth-order valence-corrected chi connectivity index (χ4v) is 2.74. The van der Waals surface area contributed by atoms with Crippen molar-refractivity contribution < 1.29 is 19.4 Å². The van der Waals surface area contributed by atoms with E-state index in [1.54, 1.807) is 4.90 Å². The van der Waals surface area contributed by atoms with Crippen molar-refractivity contribution in [2.45, 2.75) is 39.8 Å². The van der Waals surface area contributed by atoms with Crippen molar-refractivity contribution in [2.24, 2.45) is 11.8 Å². The van der Waals surface area contributed by atoms with Crippen LogP contribution in [0.4, 0.5) is 0 Å². The van der Waals surface area contributed by atoms with E-state index in [4.69, 9.17) is 14.6 Å². The van der Waals surface area contributed by atoms with Gasteiger partial charge in [0.25, 0.3) is 5.91 Å². The number of nitrogens with zero attached hydrogens (tertiary/aromatic N) is 1. The van der Waals surface area contributed by atoms with E-state index in [-0.39, 0.29) is 18.4 Å². The van der Waals surface area contributed by atoms with Crippen LogP contribution in [0.15, 0.2) is 36.1 Å². The molecule has 2 aliphatic rings. The standard InChI is InChI=1S/C19H25NO4/c1-13(2)16-9-17(19(22)20-7-8-20)24-18(10-16)23-12-15-5-3-14(11-21)4-6-15/h3-6,9,13,16,18,21H,7-8,10-12H2,1-2H3/t16-,18+/m0/s1. The van der Waals surface area contributed by atoms with Crippen LogP contribution in [0, 0.1) is 11.8 Å². The van der Waals surface area contributed by atoms with Gasteiger partial charge in [0.1, 0.15) is 0 Å². The second-order valence-corrected chi connectivity index (χ2v) is 6.80. The van der Waals surface area contributed by atoms with Crippen molar-refractivity contribution in [2.75, 3.05) is 13.1 Å². The average Bonchev–Trinajstić information content (AvgIpc) is 3.44. The van der Waals surface area contributed by atoms with Gasteiger partial charge in [0, 0.05) is 19.5 Å². The van der Waals surface area contributed by atoms with E-state index in [1.165, 1.54) is 0 Å². The summed E-state index contributed by atoms with van der Waals surface area (Å²) < 4.78 is 11.7. The van der Waals surface area contributed by atoms with Crippen molar-refractivity contribution in [3.8, 4) is 0 Å². The molecule has 1 amide bonds. The fourth-order valence-electron chi connectivity index (χ4n) is 2.74. The maximum Gasteiger partial charge on any atom is 0.288 e. The molecule has 0 saturated carbocycles. The number of aliphatic hydroxyl groups is 1. The molecule has 2 heterocycles. The molecule has 1 fully saturated rings. The first-order chi connectivity index (χ1) is 11.6. The molecule has 0 bridgehead atoms. The lowest BCUT2D eigenvalue weighted by molar-refractivity contribution is -0.157. The van der Waals surface area contributed by atoms with Gasteiger partial charge in [0.2, 0.25) is 6.29 Å². The highest BCUT2D eigenvalue weighted by atomic mass is 16.7. The predicted octanol–water partition coefficient (Wildman–Crippen LogP) is 2.44. The van der Waals surface area contributed by atoms with Crippen molar-refractivity contribution in [1.82, 2.24) is 4.90 Å². The zero-order valence-corrected chi connectivity index (χ0v) is 14.3. The van der Waals surface area contributed by atoms with E-state index >= 15 is 0 Å². The average molecular weight is 331 g/mol. The first-order valence-electron chi connectivity index (χ1n) is 8.55. The second kappa shape index (κ2) is 7.36. The third-order valence-electron chi connectivity index (χ3n) is 4.53. The Bertz CT molecular complexity index is 604. The number of hydrogen-bond donors (Lipinski definition) is 1. The molecule has 0 unspecified atom stereocenters. The van der Waals surface area contributed by atoms with E-state index in [9.17, 15) is 4.79 Å². The van der Waals surface area contributed by atoms with Gasteiger partial charge in [-0.05, 0) is 29.0 Å². The monoisotopic (exact) mass is 331 g/mol. The molecular weight excluding hydrogens is 306 g/mol. The topological polar surface area (TPSA) is 58.8 Å². The molecule has 130 valence electrons. The third-order valence-corrected chi connectivity index (χ3v) is 4.53. The van der Waals surface area contributed by atoms with Gasteiger partial charge in [-0.2, -0.15) is 0 Å². The summed E-state index contributed by atoms with van der Waals surface area (Å²) in [5, 5.41) is 9.08. The molecule has 5 heteroatoms. The summed E-state index contributed by atoms with van der Waals surface area (Å²) in [6.07, 6.45) is 2.31. The van der Waals surface area contributed by atoms with E-state index in [0.29, 0.717) is 18.3 Å². The molecule has 0 radical (unpaired) electrons. The van der Waals surface area contributed by atoms with Gasteiger partial charge in [0.15, 0.2) is 5.76 Å². The zero-order valence-electron chi connectivity index (χ0n) is 14.3. The third kappa shape index (κ3) is 4.16. The van der Waals surface area contributed by atoms with Gasteiger partial charge in [-0.25, -0.2) is 0 Å². The van der Waals surface area contributed by atoms with E-state index in [2.05, 4.69) is 13.8 Å². The van der Waals surface area contributed by atoms with Crippen molar-refractivity contribution >= 4 is 5.91 Å². The van der Waals surface area contributed by atoms with Gasteiger partial charge in [-0.3, -0.25) is 4.79 Å². The molecule has 24 heavy (non-hydrogen) atoms. The molecule has 0 aromatic heterocycles. The summed E-state index contributed by atoms with van der Waals surface area (Å²) in [5.41, 5.74) is 1.90. The molecular formula is C19H25NO4. The maximum absolute atomic E-state index is 12.3. The maximum atomic E-state index is 12.3. The minimum Gasteiger partial charge on any atom is -0.459 e. The van der Waals surface area contributed by atoms with Crippen LogP contribution in [0.1, 0.15) is 31.4 Å². The van der Waals surface area contributed by atoms with Crippen molar-refractivity contribution in [3.05, 3.63) is 47.2 Å². The van der Waals surface area contributed by atoms with Crippen LogP contribution >= 0.6 is 0 Å². The van der Waals surface area contributed by atoms with Gasteiger partial charge in [-0.1, -0.05) is 38.1 Å². The largest absolute Gasteiger partial charge is 0.459 e. The number of allylic oxidation sites excluding steroid dienone is 1. The lowest BCUT2D eigenvalue weighted by Gasteiger charge is -2.31. The van der Waals surface area contributed by atoms with Crippen LogP contribution in [0.25, 0.3) is 0 Å². The van der Waals surface area contributed by atoms with Crippen LogP contribution in [0.3, 0.4) is 0 Å². The smallest absolute Gasteiger partial charge is 0.288 e. The van der Waals surface area contributed by atoms with Gasteiger partial charge in [-0.15, -0.1) is 0 Å². The SMILES string of the molecule is CC(C)[C@H]1C=C(C(=O)N2CC2)O[C@@H](OCc2ccc(CO)cc2)C1. The molecule has 0 aliphatic carbocycles. The molecule has 5 nitrogen and oxygen atoms in total. The lowest BCUT2D eigenvalue weighted by Crippen LogP contribution is -2.31. The molecule has 1 N–H and O–H groups in total. The van der Waals surface area contributed by atoms with Crippen LogP contribution in [-0.4, -0.2) is 35.3 Å². The van der Waals surface area contributed by atoms with Crippen molar-refractivity contribution in [3.63, 3.8) is 0 Å². The molecule has 1 aromatic carbocycles. The fraction of sp³-hybridized carbons (Fsp3) is 0.526. The Balaban J connectivity index is 1.62. The Hall–Kier alpha value is -1.85. The molecule has 1 aromatic rings. The van der Waals surface area contributed by atoms with Crippen LogP contribution in [0.5, 0.6) is 0 Å². The molecule has 0 spiro atoms. The number of benzene rings is 1. The summed E-state index contributed by atoms with van der Waals surface area (Å²) in [4.78, 5) is 14.0. The summed E-state index contributed by atoms with van der Waals surface area (Å²) in [6.45, 7) is 6.39. The van der Waals surface area contributed by atoms with Gasteiger partial charge in [0.05, 0.1) is 13.2 Å². The zero-order chi connectivity index (χ0) is 17.1. The Labute approximate surface area is 142 Å². The highest BCUT2D eigenvalue weighted by Gasteiger charge is 2.34. The Kier molecular flexibility index (Phi) is 5.21. The summed E-state index contributed by atoms with van der Waals surface area (Å²) in [6, 6.07) is 7.64. The van der Waals surface area contributed by atoms with Crippen molar-refractivity contribution in [1.29, 1.82) is 0 Å². The first-order valence-corrected chi connectivity index (χ1v) is 8.55. The second-order valence-electron chi connectivity index (χ2n) is 6.80. The Morgan fingerprint density at radius 2 is 1.96 bits per heavy atom. The predicted molar refractivity (Wildman–Crippen MR) is 89.6 cm³/mol. The number of rotatable bonds is 6. The quantitative estimate of drug-likeness (QED) is 0.814. The van der Waals surface area contributed by atoms with E-state index in [1.807, 2.05) is 30.3 Å². The molecule has 2 aliphatic heterocycles. The Morgan fingerprint density at radius 3 is 2.54 bits per heavy atom. The number of aliphatic hydroxyl groups excluding tert-OH is 1. The number of hydrogen-bond acceptors (Lipinski definition) is 4. The van der Waals surface area contributed by atoms with E-state index in [0.717, 1.165) is 30.6 Å². The van der Waals surface area contributed by atoms with Crippen LogP contribution in [0.2, 0.25) is 0 Å². The van der Waals surface area contributed by atoms with Crippen LogP contribution < -0.4 is 0 Å². The normalized spacial score (nSPS) is 23.0. The number of carbonyl (C=O) groups excluding carboxylic acids is 1. The molecule has 2 atom stereocenters. The number of ether oxygens (including phenoxy) is 2. The Morgan fingerprint density at radius 1 is 1.29 bits per heavy atom. The highest BCUT2D eigenvalue weighted by Crippen LogP contribution is 2.30. The summed E-state index contributed by atoms with van der Waals surface area (Å²) in [7, 11) is 0. The number of amides is 1. The van der Waals surface area contributed by atoms with Crippen LogP contribution in [-0.2, 0) is 27.5 Å². The highest BCUT2D eigenvalue weighted by molar-refractivity contribution is 5.93. The summed E-state index contributed by atoms with van der Waals surface area (Å²) in [5.74, 6) is 1.11. The minimum atomic E-state index is -0.404. The van der Waals surface area contributed by atoms with Gasteiger partial charge < -0.3 is 19.5 Å².